The molecule has 2 rings (SSSR count). The van der Waals surface area contributed by atoms with E-state index in [0.29, 0.717) is 11.3 Å². The van der Waals surface area contributed by atoms with Gasteiger partial charge in [0.2, 0.25) is 11.8 Å². The first-order chi connectivity index (χ1) is 9.45. The van der Waals surface area contributed by atoms with E-state index < -0.39 is 17.8 Å². The minimum absolute atomic E-state index is 0.0737. The van der Waals surface area contributed by atoms with Crippen LogP contribution in [0.15, 0.2) is 18.2 Å². The maximum absolute atomic E-state index is 12.1. The quantitative estimate of drug-likeness (QED) is 0.819. The molecule has 1 fully saturated rings. The fraction of sp³-hybridized carbons (Fsp3) is 0.357. The third-order valence-corrected chi connectivity index (χ3v) is 3.44. The zero-order valence-electron chi connectivity index (χ0n) is 11.4. The molecule has 6 heteroatoms. The highest BCUT2D eigenvalue weighted by molar-refractivity contribution is 6.06. The maximum atomic E-state index is 12.1. The molecule has 1 aromatic carbocycles. The highest BCUT2D eigenvalue weighted by Gasteiger charge is 2.36. The van der Waals surface area contributed by atoms with Gasteiger partial charge in [0.15, 0.2) is 0 Å². The number of anilines is 1. The van der Waals surface area contributed by atoms with Gasteiger partial charge in [0.05, 0.1) is 24.3 Å². The summed E-state index contributed by atoms with van der Waals surface area (Å²) in [6, 6.07) is 5.11. The van der Waals surface area contributed by atoms with Crippen LogP contribution < -0.4 is 10.6 Å². The highest BCUT2D eigenvalue weighted by Crippen LogP contribution is 2.31. The summed E-state index contributed by atoms with van der Waals surface area (Å²) in [4.78, 5) is 36.6. The van der Waals surface area contributed by atoms with Crippen LogP contribution in [-0.4, -0.2) is 31.4 Å². The van der Waals surface area contributed by atoms with Gasteiger partial charge in [0, 0.05) is 13.0 Å². The zero-order chi connectivity index (χ0) is 14.9. The van der Waals surface area contributed by atoms with Crippen LogP contribution in [0.3, 0.4) is 0 Å². The Morgan fingerprint density at radius 3 is 2.65 bits per heavy atom. The van der Waals surface area contributed by atoms with Crippen molar-refractivity contribution in [2.45, 2.75) is 13.3 Å². The number of hydrogen-bond donors (Lipinski definition) is 1. The Kier molecular flexibility index (Phi) is 3.74. The van der Waals surface area contributed by atoms with Crippen LogP contribution in [0.1, 0.15) is 22.3 Å². The van der Waals surface area contributed by atoms with Crippen LogP contribution in [0.4, 0.5) is 5.69 Å². The molecular weight excluding hydrogens is 260 g/mol. The van der Waals surface area contributed by atoms with Crippen molar-refractivity contribution in [2.24, 2.45) is 11.7 Å². The Morgan fingerprint density at radius 2 is 2.10 bits per heavy atom. The molecule has 1 saturated heterocycles. The molecule has 20 heavy (non-hydrogen) atoms. The van der Waals surface area contributed by atoms with Crippen molar-refractivity contribution in [3.8, 4) is 0 Å². The number of primary amides is 1. The fourth-order valence-electron chi connectivity index (χ4n) is 2.41. The van der Waals surface area contributed by atoms with Gasteiger partial charge in [-0.15, -0.1) is 0 Å². The van der Waals surface area contributed by atoms with Crippen molar-refractivity contribution >= 4 is 23.5 Å². The number of nitrogens with zero attached hydrogens (tertiary/aromatic N) is 1. The molecule has 0 spiro atoms. The van der Waals surface area contributed by atoms with Gasteiger partial charge in [-0.05, 0) is 18.6 Å². The van der Waals surface area contributed by atoms with Crippen LogP contribution >= 0.6 is 0 Å². The highest BCUT2D eigenvalue weighted by atomic mass is 16.5. The van der Waals surface area contributed by atoms with Crippen molar-refractivity contribution in [3.05, 3.63) is 29.3 Å². The number of hydrogen-bond acceptors (Lipinski definition) is 4. The van der Waals surface area contributed by atoms with Crippen molar-refractivity contribution in [3.63, 3.8) is 0 Å². The van der Waals surface area contributed by atoms with E-state index >= 15 is 0 Å². The van der Waals surface area contributed by atoms with E-state index in [0.717, 1.165) is 5.56 Å². The average Bonchev–Trinajstić information content (AvgIpc) is 2.79. The minimum Gasteiger partial charge on any atom is -0.465 e. The lowest BCUT2D eigenvalue weighted by atomic mass is 10.1. The molecule has 0 saturated carbocycles. The van der Waals surface area contributed by atoms with Crippen LogP contribution in [0.2, 0.25) is 0 Å². The van der Waals surface area contributed by atoms with Gasteiger partial charge >= 0.3 is 5.97 Å². The lowest BCUT2D eigenvalue weighted by Gasteiger charge is -2.21. The third-order valence-electron chi connectivity index (χ3n) is 3.44. The van der Waals surface area contributed by atoms with Gasteiger partial charge in [-0.1, -0.05) is 12.1 Å². The number of carbonyl (C=O) groups is 3. The molecule has 1 unspecified atom stereocenters. The van der Waals surface area contributed by atoms with Gasteiger partial charge in [0.1, 0.15) is 0 Å². The number of rotatable bonds is 3. The Bertz CT molecular complexity index is 583. The lowest BCUT2D eigenvalue weighted by Crippen LogP contribution is -2.30. The first kappa shape index (κ1) is 14.0. The molecule has 1 aromatic rings. The van der Waals surface area contributed by atoms with E-state index in [1.807, 2.05) is 0 Å². The molecule has 2 amide bonds. The third kappa shape index (κ3) is 2.36. The number of aryl methyl sites for hydroxylation is 1. The molecule has 1 aliphatic rings. The van der Waals surface area contributed by atoms with Crippen LogP contribution in [0, 0.1) is 12.8 Å². The predicted octanol–water partition coefficient (Wildman–Crippen LogP) is 0.620. The van der Waals surface area contributed by atoms with E-state index in [9.17, 15) is 14.4 Å². The van der Waals surface area contributed by atoms with Crippen molar-refractivity contribution in [1.29, 1.82) is 0 Å². The smallest absolute Gasteiger partial charge is 0.339 e. The molecule has 106 valence electrons. The molecule has 1 aliphatic heterocycles. The first-order valence-electron chi connectivity index (χ1n) is 6.23. The SMILES string of the molecule is COC(=O)c1cccc(C)c1N1CC(C(N)=O)CC1=O. The number of benzene rings is 1. The van der Waals surface area contributed by atoms with Crippen LogP contribution in [-0.2, 0) is 14.3 Å². The number of ether oxygens (including phenoxy) is 1. The Hall–Kier alpha value is -2.37. The average molecular weight is 276 g/mol. The van der Waals surface area contributed by atoms with Gasteiger partial charge in [-0.2, -0.15) is 0 Å². The molecule has 0 aliphatic carbocycles. The molecule has 0 radical (unpaired) electrons. The van der Waals surface area contributed by atoms with E-state index in [1.54, 1.807) is 25.1 Å². The Balaban J connectivity index is 2.45. The Labute approximate surface area is 116 Å². The summed E-state index contributed by atoms with van der Waals surface area (Å²) in [5, 5.41) is 0. The molecule has 2 N–H and O–H groups in total. The molecule has 0 bridgehead atoms. The summed E-state index contributed by atoms with van der Waals surface area (Å²) < 4.78 is 4.73. The topological polar surface area (TPSA) is 89.7 Å². The molecule has 1 atom stereocenters. The van der Waals surface area contributed by atoms with Crippen LogP contribution in [0.5, 0.6) is 0 Å². The molecule has 6 nitrogen and oxygen atoms in total. The van der Waals surface area contributed by atoms with Crippen molar-refractivity contribution in [1.82, 2.24) is 0 Å². The largest absolute Gasteiger partial charge is 0.465 e. The summed E-state index contributed by atoms with van der Waals surface area (Å²) in [7, 11) is 1.28. The number of para-hydroxylation sites is 1. The first-order valence-corrected chi connectivity index (χ1v) is 6.23. The molecule has 1 heterocycles. The predicted molar refractivity (Wildman–Crippen MR) is 72.2 cm³/mol. The monoisotopic (exact) mass is 276 g/mol. The summed E-state index contributed by atoms with van der Waals surface area (Å²) in [5.74, 6) is -1.76. The van der Waals surface area contributed by atoms with Gasteiger partial charge in [-0.25, -0.2) is 4.79 Å². The van der Waals surface area contributed by atoms with Crippen molar-refractivity contribution in [2.75, 3.05) is 18.6 Å². The second kappa shape index (κ2) is 5.32. The summed E-state index contributed by atoms with van der Waals surface area (Å²) in [6.07, 6.45) is 0.0737. The van der Waals surface area contributed by atoms with Gasteiger partial charge < -0.3 is 15.4 Å². The Morgan fingerprint density at radius 1 is 1.40 bits per heavy atom. The van der Waals surface area contributed by atoms with Gasteiger partial charge in [0.25, 0.3) is 0 Å². The van der Waals surface area contributed by atoms with Crippen LogP contribution in [0.25, 0.3) is 0 Å². The van der Waals surface area contributed by atoms with Gasteiger partial charge in [-0.3, -0.25) is 9.59 Å². The maximum Gasteiger partial charge on any atom is 0.339 e. The van der Waals surface area contributed by atoms with E-state index in [1.165, 1.54) is 12.0 Å². The number of amides is 2. The lowest BCUT2D eigenvalue weighted by molar-refractivity contribution is -0.123. The minimum atomic E-state index is -0.521. The molecule has 0 aromatic heterocycles. The fourth-order valence-corrected chi connectivity index (χ4v) is 2.41. The number of methoxy groups -OCH3 is 1. The number of nitrogens with two attached hydrogens (primary N) is 1. The van der Waals surface area contributed by atoms with E-state index in [2.05, 4.69) is 0 Å². The second-order valence-electron chi connectivity index (χ2n) is 4.77. The zero-order valence-corrected chi connectivity index (χ0v) is 11.4. The van der Waals surface area contributed by atoms with E-state index in [-0.39, 0.29) is 18.9 Å². The normalized spacial score (nSPS) is 18.2. The second-order valence-corrected chi connectivity index (χ2v) is 4.77. The van der Waals surface area contributed by atoms with E-state index in [4.69, 9.17) is 10.5 Å². The number of carbonyl (C=O) groups excluding carboxylic acids is 3. The summed E-state index contributed by atoms with van der Waals surface area (Å²) in [5.41, 5.74) is 6.83. The van der Waals surface area contributed by atoms with Crippen molar-refractivity contribution < 1.29 is 19.1 Å². The standard InChI is InChI=1S/C14H16N2O4/c1-8-4-3-5-10(14(19)20-2)12(8)16-7-9(13(15)18)6-11(16)17/h3-5,9H,6-7H2,1-2H3,(H2,15,18). The summed E-state index contributed by atoms with van der Waals surface area (Å²) >= 11 is 0. The number of esters is 1. The molecular formula is C14H16N2O4. The summed E-state index contributed by atoms with van der Waals surface area (Å²) in [6.45, 7) is 2.00.